The molecule has 0 saturated carbocycles. The van der Waals surface area contributed by atoms with Gasteiger partial charge in [0.1, 0.15) is 0 Å². The molecule has 26 heavy (non-hydrogen) atoms. The van der Waals surface area contributed by atoms with E-state index in [1.807, 2.05) is 12.1 Å². The largest absolute Gasteiger partial charge is 0.465 e. The summed E-state index contributed by atoms with van der Waals surface area (Å²) in [6.07, 6.45) is 4.40. The van der Waals surface area contributed by atoms with Gasteiger partial charge in [0, 0.05) is 24.9 Å². The maximum Gasteiger partial charge on any atom is 0.337 e. The van der Waals surface area contributed by atoms with Crippen molar-refractivity contribution in [2.75, 3.05) is 26.0 Å². The van der Waals surface area contributed by atoms with Crippen molar-refractivity contribution in [1.29, 1.82) is 0 Å². The van der Waals surface area contributed by atoms with Crippen molar-refractivity contribution < 1.29 is 14.3 Å². The van der Waals surface area contributed by atoms with Gasteiger partial charge in [-0.15, -0.1) is 0 Å². The summed E-state index contributed by atoms with van der Waals surface area (Å²) in [4.78, 5) is 25.8. The highest BCUT2D eigenvalue weighted by molar-refractivity contribution is 6.02. The van der Waals surface area contributed by atoms with Crippen LogP contribution in [0.4, 0.5) is 5.69 Å². The van der Waals surface area contributed by atoms with Gasteiger partial charge in [-0.3, -0.25) is 4.79 Å². The summed E-state index contributed by atoms with van der Waals surface area (Å²) in [6, 6.07) is 12.9. The molecule has 0 unspecified atom stereocenters. The fourth-order valence-electron chi connectivity index (χ4n) is 2.99. The maximum atomic E-state index is 12.1. The summed E-state index contributed by atoms with van der Waals surface area (Å²) in [5.41, 5.74) is 4.78. The summed E-state index contributed by atoms with van der Waals surface area (Å²) in [7, 11) is 3.45. The Balaban J connectivity index is 1.63. The Hall–Kier alpha value is -2.92. The van der Waals surface area contributed by atoms with Gasteiger partial charge in [-0.1, -0.05) is 18.2 Å². The molecule has 1 amide bonds. The molecular weight excluding hydrogens is 328 g/mol. The number of esters is 1. The average Bonchev–Trinajstić information content (AvgIpc) is 2.66. The van der Waals surface area contributed by atoms with E-state index in [1.54, 1.807) is 24.3 Å². The van der Waals surface area contributed by atoms with E-state index in [-0.39, 0.29) is 5.91 Å². The number of ether oxygens (including phenoxy) is 1. The molecule has 1 N–H and O–H groups in total. The molecule has 2 aromatic carbocycles. The molecule has 5 heteroatoms. The van der Waals surface area contributed by atoms with Crippen molar-refractivity contribution in [3.05, 3.63) is 70.8 Å². The standard InChI is InChI=1S/C21H22N2O3/c1-23-12-11-16-5-3-15(13-18(16)14-23)4-10-20(24)22-19-8-6-17(7-9-19)21(25)26-2/h3-10,13H,11-12,14H2,1-2H3,(H,22,24). The number of nitrogens with one attached hydrogen (secondary N) is 1. The second-order valence-electron chi connectivity index (χ2n) is 6.41. The van der Waals surface area contributed by atoms with Gasteiger partial charge in [0.15, 0.2) is 0 Å². The fraction of sp³-hybridized carbons (Fsp3) is 0.238. The molecule has 0 atom stereocenters. The van der Waals surface area contributed by atoms with E-state index < -0.39 is 5.97 Å². The number of likely N-dealkylation sites (N-methyl/N-ethyl adjacent to an activating group) is 1. The van der Waals surface area contributed by atoms with Crippen molar-refractivity contribution >= 4 is 23.6 Å². The van der Waals surface area contributed by atoms with Crippen LogP contribution in [0, 0.1) is 0 Å². The quantitative estimate of drug-likeness (QED) is 0.680. The number of carbonyl (C=O) groups excluding carboxylic acids is 2. The van der Waals surface area contributed by atoms with Crippen LogP contribution in [0.1, 0.15) is 27.0 Å². The van der Waals surface area contributed by atoms with E-state index in [2.05, 4.69) is 34.1 Å². The molecule has 5 nitrogen and oxygen atoms in total. The highest BCUT2D eigenvalue weighted by Gasteiger charge is 2.12. The monoisotopic (exact) mass is 350 g/mol. The zero-order valence-electron chi connectivity index (χ0n) is 15.0. The number of hydrogen-bond acceptors (Lipinski definition) is 4. The lowest BCUT2D eigenvalue weighted by Gasteiger charge is -2.25. The molecule has 0 radical (unpaired) electrons. The van der Waals surface area contributed by atoms with Gasteiger partial charge in [-0.25, -0.2) is 4.79 Å². The summed E-state index contributed by atoms with van der Waals surface area (Å²) in [6.45, 7) is 2.02. The number of benzene rings is 2. The first kappa shape index (κ1) is 17.9. The fourth-order valence-corrected chi connectivity index (χ4v) is 2.99. The molecule has 1 heterocycles. The predicted octanol–water partition coefficient (Wildman–Crippen LogP) is 3.11. The molecule has 0 saturated heterocycles. The average molecular weight is 350 g/mol. The minimum atomic E-state index is -0.402. The van der Waals surface area contributed by atoms with Crippen LogP contribution in [-0.2, 0) is 22.5 Å². The first-order chi connectivity index (χ1) is 12.5. The van der Waals surface area contributed by atoms with Gasteiger partial charge in [-0.2, -0.15) is 0 Å². The van der Waals surface area contributed by atoms with Crippen molar-refractivity contribution in [3.8, 4) is 0 Å². The Morgan fingerprint density at radius 2 is 1.88 bits per heavy atom. The topological polar surface area (TPSA) is 58.6 Å². The maximum absolute atomic E-state index is 12.1. The second-order valence-corrected chi connectivity index (χ2v) is 6.41. The van der Waals surface area contributed by atoms with Crippen molar-refractivity contribution in [3.63, 3.8) is 0 Å². The smallest absolute Gasteiger partial charge is 0.337 e. The second kappa shape index (κ2) is 7.97. The molecule has 134 valence electrons. The molecule has 0 bridgehead atoms. The summed E-state index contributed by atoms with van der Waals surface area (Å²) in [5, 5.41) is 2.78. The number of fused-ring (bicyclic) bond motifs is 1. The number of hydrogen-bond donors (Lipinski definition) is 1. The molecule has 3 rings (SSSR count). The number of amides is 1. The zero-order chi connectivity index (χ0) is 18.5. The Morgan fingerprint density at radius 3 is 2.62 bits per heavy atom. The highest BCUT2D eigenvalue weighted by Crippen LogP contribution is 2.20. The summed E-state index contributed by atoms with van der Waals surface area (Å²) < 4.78 is 4.65. The van der Waals surface area contributed by atoms with E-state index in [0.29, 0.717) is 11.3 Å². The van der Waals surface area contributed by atoms with E-state index in [9.17, 15) is 9.59 Å². The van der Waals surface area contributed by atoms with Gasteiger partial charge in [0.25, 0.3) is 0 Å². The number of anilines is 1. The van der Waals surface area contributed by atoms with Crippen LogP contribution in [0.25, 0.3) is 6.08 Å². The Bertz CT molecular complexity index is 841. The van der Waals surface area contributed by atoms with Crippen LogP contribution in [0.3, 0.4) is 0 Å². The third-order valence-corrected chi connectivity index (χ3v) is 4.43. The van der Waals surface area contributed by atoms with E-state index in [0.717, 1.165) is 25.1 Å². The number of nitrogens with zero attached hydrogens (tertiary/aromatic N) is 1. The molecule has 0 fully saturated rings. The first-order valence-corrected chi connectivity index (χ1v) is 8.53. The first-order valence-electron chi connectivity index (χ1n) is 8.53. The molecule has 0 aliphatic carbocycles. The normalized spacial score (nSPS) is 14.1. The third-order valence-electron chi connectivity index (χ3n) is 4.43. The summed E-state index contributed by atoms with van der Waals surface area (Å²) in [5.74, 6) is -0.619. The van der Waals surface area contributed by atoms with Gasteiger partial charge in [-0.05, 0) is 60.5 Å². The lowest BCUT2D eigenvalue weighted by Crippen LogP contribution is -2.26. The molecule has 0 spiro atoms. The lowest BCUT2D eigenvalue weighted by molar-refractivity contribution is -0.111. The van der Waals surface area contributed by atoms with Gasteiger partial charge >= 0.3 is 5.97 Å². The van der Waals surface area contributed by atoms with Gasteiger partial charge in [0.05, 0.1) is 12.7 Å². The van der Waals surface area contributed by atoms with E-state index >= 15 is 0 Å². The van der Waals surface area contributed by atoms with Crippen molar-refractivity contribution in [2.45, 2.75) is 13.0 Å². The van der Waals surface area contributed by atoms with Crippen LogP contribution in [0.2, 0.25) is 0 Å². The van der Waals surface area contributed by atoms with Crippen molar-refractivity contribution in [2.24, 2.45) is 0 Å². The van der Waals surface area contributed by atoms with Crippen LogP contribution in [0.5, 0.6) is 0 Å². The zero-order valence-corrected chi connectivity index (χ0v) is 15.0. The highest BCUT2D eigenvalue weighted by atomic mass is 16.5. The molecule has 0 aromatic heterocycles. The third kappa shape index (κ3) is 4.37. The van der Waals surface area contributed by atoms with Crippen LogP contribution in [0.15, 0.2) is 48.5 Å². The molecule has 1 aliphatic heterocycles. The Labute approximate surface area is 153 Å². The lowest BCUT2D eigenvalue weighted by atomic mass is 9.97. The van der Waals surface area contributed by atoms with Gasteiger partial charge < -0.3 is 15.0 Å². The Kier molecular flexibility index (Phi) is 5.49. The van der Waals surface area contributed by atoms with E-state index in [1.165, 1.54) is 24.3 Å². The summed E-state index contributed by atoms with van der Waals surface area (Å²) >= 11 is 0. The SMILES string of the molecule is COC(=O)c1ccc(NC(=O)C=Cc2ccc3c(c2)CN(C)CC3)cc1. The van der Waals surface area contributed by atoms with Crippen LogP contribution < -0.4 is 5.32 Å². The molecule has 1 aliphatic rings. The van der Waals surface area contributed by atoms with Crippen LogP contribution >= 0.6 is 0 Å². The minimum absolute atomic E-state index is 0.217. The number of carbonyl (C=O) groups is 2. The number of methoxy groups -OCH3 is 1. The minimum Gasteiger partial charge on any atom is -0.465 e. The van der Waals surface area contributed by atoms with E-state index in [4.69, 9.17) is 0 Å². The number of rotatable bonds is 4. The van der Waals surface area contributed by atoms with Gasteiger partial charge in [0.2, 0.25) is 5.91 Å². The molecule has 2 aromatic rings. The Morgan fingerprint density at radius 1 is 1.12 bits per heavy atom. The van der Waals surface area contributed by atoms with Crippen LogP contribution in [-0.4, -0.2) is 37.5 Å². The molecular formula is C21H22N2O3. The van der Waals surface area contributed by atoms with Crippen molar-refractivity contribution in [1.82, 2.24) is 4.90 Å². The predicted molar refractivity (Wildman–Crippen MR) is 102 cm³/mol.